The van der Waals surface area contributed by atoms with Crippen LogP contribution in [0.3, 0.4) is 0 Å². The van der Waals surface area contributed by atoms with Crippen molar-refractivity contribution < 1.29 is 14.3 Å². The number of fused-ring (bicyclic) bond motifs is 1. The van der Waals surface area contributed by atoms with Gasteiger partial charge >= 0.3 is 0 Å². The molecule has 0 saturated heterocycles. The maximum absolute atomic E-state index is 11.0. The van der Waals surface area contributed by atoms with Gasteiger partial charge in [-0.1, -0.05) is 12.1 Å². The Kier molecular flexibility index (Phi) is 2.72. The van der Waals surface area contributed by atoms with E-state index in [0.717, 1.165) is 10.9 Å². The number of ether oxygens (including phenoxy) is 2. The Hall–Kier alpha value is -2.10. The summed E-state index contributed by atoms with van der Waals surface area (Å²) < 4.78 is 10.3. The third-order valence-electron chi connectivity index (χ3n) is 2.36. The van der Waals surface area contributed by atoms with Crippen LogP contribution in [0.5, 0.6) is 11.6 Å². The number of nitrogens with zero attached hydrogens (tertiary/aromatic N) is 1. The molecule has 16 heavy (non-hydrogen) atoms. The smallest absolute Gasteiger partial charge is 0.228 e. The summed E-state index contributed by atoms with van der Waals surface area (Å²) in [5, 5.41) is 0.799. The number of aldehydes is 1. The zero-order chi connectivity index (χ0) is 11.5. The van der Waals surface area contributed by atoms with Crippen molar-refractivity contribution in [1.82, 2.24) is 4.98 Å². The van der Waals surface area contributed by atoms with Gasteiger partial charge in [0.2, 0.25) is 5.88 Å². The maximum Gasteiger partial charge on any atom is 0.228 e. The van der Waals surface area contributed by atoms with E-state index in [1.54, 1.807) is 0 Å². The average molecular weight is 217 g/mol. The minimum Gasteiger partial charge on any atom is -0.495 e. The van der Waals surface area contributed by atoms with Crippen LogP contribution in [0.4, 0.5) is 0 Å². The van der Waals surface area contributed by atoms with Crippen molar-refractivity contribution in [2.24, 2.45) is 0 Å². The SMILES string of the molecule is COc1nc2ccccc2c(OC)c1C=O. The van der Waals surface area contributed by atoms with E-state index in [2.05, 4.69) is 4.98 Å². The van der Waals surface area contributed by atoms with E-state index in [1.807, 2.05) is 24.3 Å². The van der Waals surface area contributed by atoms with Gasteiger partial charge in [-0.2, -0.15) is 0 Å². The van der Waals surface area contributed by atoms with Gasteiger partial charge in [-0.05, 0) is 12.1 Å². The Morgan fingerprint density at radius 3 is 2.56 bits per heavy atom. The van der Waals surface area contributed by atoms with Gasteiger partial charge in [0, 0.05) is 5.39 Å². The van der Waals surface area contributed by atoms with Crippen molar-refractivity contribution in [3.63, 3.8) is 0 Å². The molecular formula is C12H11NO3. The van der Waals surface area contributed by atoms with Gasteiger partial charge in [0.05, 0.1) is 19.7 Å². The van der Waals surface area contributed by atoms with Crippen molar-refractivity contribution in [1.29, 1.82) is 0 Å². The van der Waals surface area contributed by atoms with Crippen molar-refractivity contribution in [3.8, 4) is 11.6 Å². The number of para-hydroxylation sites is 1. The van der Waals surface area contributed by atoms with Gasteiger partial charge in [-0.15, -0.1) is 0 Å². The van der Waals surface area contributed by atoms with Gasteiger partial charge in [0.15, 0.2) is 6.29 Å². The van der Waals surface area contributed by atoms with E-state index in [9.17, 15) is 4.79 Å². The number of hydrogen-bond acceptors (Lipinski definition) is 4. The lowest BCUT2D eigenvalue weighted by molar-refractivity contribution is 0.111. The highest BCUT2D eigenvalue weighted by atomic mass is 16.5. The molecule has 0 amide bonds. The molecule has 1 aromatic heterocycles. The molecule has 0 N–H and O–H groups in total. The van der Waals surface area contributed by atoms with Crippen molar-refractivity contribution >= 4 is 17.2 Å². The van der Waals surface area contributed by atoms with E-state index in [0.29, 0.717) is 17.6 Å². The Morgan fingerprint density at radius 1 is 1.19 bits per heavy atom. The minimum absolute atomic E-state index is 0.283. The highest BCUT2D eigenvalue weighted by Gasteiger charge is 2.15. The second-order valence-corrected chi connectivity index (χ2v) is 3.20. The first kappa shape index (κ1) is 10.4. The van der Waals surface area contributed by atoms with Gasteiger partial charge in [0.25, 0.3) is 0 Å². The van der Waals surface area contributed by atoms with Gasteiger partial charge in [0.1, 0.15) is 11.3 Å². The van der Waals surface area contributed by atoms with Crippen molar-refractivity contribution in [2.45, 2.75) is 0 Å². The molecule has 0 spiro atoms. The molecule has 0 saturated carbocycles. The third-order valence-corrected chi connectivity index (χ3v) is 2.36. The van der Waals surface area contributed by atoms with Crippen LogP contribution in [0.2, 0.25) is 0 Å². The molecule has 1 aromatic carbocycles. The van der Waals surface area contributed by atoms with Crippen LogP contribution in [0, 0.1) is 0 Å². The summed E-state index contributed by atoms with van der Waals surface area (Å²) in [5.74, 6) is 0.781. The first-order valence-corrected chi connectivity index (χ1v) is 4.77. The summed E-state index contributed by atoms with van der Waals surface area (Å²) in [6.07, 6.45) is 0.692. The van der Waals surface area contributed by atoms with E-state index < -0.39 is 0 Å². The molecule has 0 atom stereocenters. The van der Waals surface area contributed by atoms with Crippen LogP contribution in [0.15, 0.2) is 24.3 Å². The van der Waals surface area contributed by atoms with Crippen LogP contribution in [0.25, 0.3) is 10.9 Å². The average Bonchev–Trinajstić information content (AvgIpc) is 2.36. The Morgan fingerprint density at radius 2 is 1.94 bits per heavy atom. The van der Waals surface area contributed by atoms with Gasteiger partial charge in [-0.25, -0.2) is 4.98 Å². The number of carbonyl (C=O) groups is 1. The summed E-state index contributed by atoms with van der Waals surface area (Å²) in [7, 11) is 3.00. The molecule has 2 aromatic rings. The molecule has 0 aliphatic carbocycles. The molecule has 0 radical (unpaired) electrons. The minimum atomic E-state index is 0.283. The number of rotatable bonds is 3. The topological polar surface area (TPSA) is 48.4 Å². The second kappa shape index (κ2) is 4.18. The monoisotopic (exact) mass is 217 g/mol. The zero-order valence-electron chi connectivity index (χ0n) is 9.06. The van der Waals surface area contributed by atoms with Crippen molar-refractivity contribution in [3.05, 3.63) is 29.8 Å². The number of methoxy groups -OCH3 is 2. The molecule has 0 bridgehead atoms. The molecule has 4 heteroatoms. The largest absolute Gasteiger partial charge is 0.495 e. The van der Waals surface area contributed by atoms with Crippen LogP contribution >= 0.6 is 0 Å². The van der Waals surface area contributed by atoms with Crippen molar-refractivity contribution in [2.75, 3.05) is 14.2 Å². The van der Waals surface area contributed by atoms with Crippen LogP contribution in [0.1, 0.15) is 10.4 Å². The first-order chi connectivity index (χ1) is 7.81. The van der Waals surface area contributed by atoms with Crippen LogP contribution < -0.4 is 9.47 Å². The fraction of sp³-hybridized carbons (Fsp3) is 0.167. The highest BCUT2D eigenvalue weighted by molar-refractivity contribution is 5.95. The highest BCUT2D eigenvalue weighted by Crippen LogP contribution is 2.32. The van der Waals surface area contributed by atoms with E-state index >= 15 is 0 Å². The fourth-order valence-corrected chi connectivity index (χ4v) is 1.65. The molecule has 0 fully saturated rings. The fourth-order valence-electron chi connectivity index (χ4n) is 1.65. The molecule has 0 unspecified atom stereocenters. The molecule has 4 nitrogen and oxygen atoms in total. The summed E-state index contributed by atoms with van der Waals surface area (Å²) in [6.45, 7) is 0. The number of hydrogen-bond donors (Lipinski definition) is 0. The van der Waals surface area contributed by atoms with Gasteiger partial charge in [-0.3, -0.25) is 4.79 Å². The predicted octanol–water partition coefficient (Wildman–Crippen LogP) is 2.06. The lowest BCUT2D eigenvalue weighted by Gasteiger charge is -2.10. The number of pyridine rings is 1. The third kappa shape index (κ3) is 1.48. The Bertz CT molecular complexity index is 537. The van der Waals surface area contributed by atoms with Gasteiger partial charge < -0.3 is 9.47 Å². The van der Waals surface area contributed by atoms with Crippen LogP contribution in [-0.4, -0.2) is 25.5 Å². The summed E-state index contributed by atoms with van der Waals surface area (Å²) >= 11 is 0. The van der Waals surface area contributed by atoms with E-state index in [-0.39, 0.29) is 5.88 Å². The number of benzene rings is 1. The van der Waals surface area contributed by atoms with E-state index in [4.69, 9.17) is 9.47 Å². The molecule has 1 heterocycles. The molecule has 0 aliphatic rings. The summed E-state index contributed by atoms with van der Waals surface area (Å²) in [4.78, 5) is 15.2. The first-order valence-electron chi connectivity index (χ1n) is 4.77. The standard InChI is InChI=1S/C12H11NO3/c1-15-11-8-5-3-4-6-10(8)13-12(16-2)9(11)7-14/h3-7H,1-2H3. The maximum atomic E-state index is 11.0. The zero-order valence-corrected chi connectivity index (χ0v) is 9.06. The van der Waals surface area contributed by atoms with E-state index in [1.165, 1.54) is 14.2 Å². The number of aromatic nitrogens is 1. The molecule has 0 aliphatic heterocycles. The molecule has 2 rings (SSSR count). The Labute approximate surface area is 92.8 Å². The summed E-state index contributed by atoms with van der Waals surface area (Å²) in [6, 6.07) is 7.44. The molecule has 82 valence electrons. The normalized spacial score (nSPS) is 10.1. The predicted molar refractivity (Wildman–Crippen MR) is 60.2 cm³/mol. The summed E-state index contributed by atoms with van der Waals surface area (Å²) in [5.41, 5.74) is 1.07. The Balaban J connectivity index is 2.87. The second-order valence-electron chi connectivity index (χ2n) is 3.20. The van der Waals surface area contributed by atoms with Crippen LogP contribution in [-0.2, 0) is 0 Å². The number of carbonyl (C=O) groups excluding carboxylic acids is 1. The lowest BCUT2D eigenvalue weighted by atomic mass is 10.1. The lowest BCUT2D eigenvalue weighted by Crippen LogP contribution is -1.99. The molecular weight excluding hydrogens is 206 g/mol. The quantitative estimate of drug-likeness (QED) is 0.738.